The summed E-state index contributed by atoms with van der Waals surface area (Å²) >= 11 is 5.34. The van der Waals surface area contributed by atoms with E-state index in [1.165, 1.54) is 76.1 Å². The Kier molecular flexibility index (Phi) is 17.0. The van der Waals surface area contributed by atoms with E-state index in [-0.39, 0.29) is 63.6 Å². The number of phenolic OH excluding ortho intramolecular Hbond substituents is 6. The molecule has 6 heterocycles. The second kappa shape index (κ2) is 25.9. The molecule has 0 amide bonds. The third-order valence-electron chi connectivity index (χ3n) is 15.8. The number of aryl methyl sites for hydroxylation is 3. The van der Waals surface area contributed by atoms with E-state index in [1.54, 1.807) is 105 Å². The van der Waals surface area contributed by atoms with E-state index in [9.17, 15) is 55.2 Å². The van der Waals surface area contributed by atoms with Gasteiger partial charge in [0.05, 0.1) is 20.0 Å². The van der Waals surface area contributed by atoms with Crippen molar-refractivity contribution in [1.29, 1.82) is 0 Å². The van der Waals surface area contributed by atoms with Crippen molar-refractivity contribution >= 4 is 98.8 Å². The van der Waals surface area contributed by atoms with Crippen LogP contribution in [-0.4, -0.2) is 73.2 Å². The molecule has 0 fully saturated rings. The monoisotopic (exact) mass is 1340 g/mol. The lowest BCUT2D eigenvalue weighted by molar-refractivity contribution is 0.103. The molecule has 17 nitrogen and oxygen atoms in total. The van der Waals surface area contributed by atoms with Crippen molar-refractivity contribution in [1.82, 2.24) is 15.0 Å². The van der Waals surface area contributed by atoms with Crippen molar-refractivity contribution in [2.75, 3.05) is 5.73 Å². The summed E-state index contributed by atoms with van der Waals surface area (Å²) in [5.74, 6) is 1.16. The van der Waals surface area contributed by atoms with Gasteiger partial charge < -0.3 is 55.4 Å². The Hall–Kier alpha value is -11.9. The highest BCUT2D eigenvalue weighted by Crippen LogP contribution is 2.46. The number of benzene rings is 9. The highest BCUT2D eigenvalue weighted by Gasteiger charge is 2.27. The molecule has 0 radical (unpaired) electrons. The smallest absolute Gasteiger partial charge is 0.250 e. The molecule has 0 atom stereocenters. The number of phenols is 6. The van der Waals surface area contributed by atoms with Crippen LogP contribution in [0.4, 0.5) is 5.82 Å². The number of oxazole rings is 2. The van der Waals surface area contributed by atoms with Crippen LogP contribution in [0.1, 0.15) is 62.4 Å². The van der Waals surface area contributed by atoms with Gasteiger partial charge in [0.1, 0.15) is 45.8 Å². The van der Waals surface area contributed by atoms with Crippen LogP contribution in [-0.2, 0) is 0 Å². The minimum atomic E-state index is -0.190. The molecule has 0 aliphatic rings. The number of aromatic nitrogens is 3. The maximum Gasteiger partial charge on any atom is 0.250 e. The Bertz CT molecular complexity index is 4990. The van der Waals surface area contributed by atoms with Crippen molar-refractivity contribution in [3.05, 3.63) is 248 Å². The van der Waals surface area contributed by atoms with Crippen LogP contribution in [0.3, 0.4) is 0 Å². The quantitative estimate of drug-likeness (QED) is 0.0514. The van der Waals surface area contributed by atoms with E-state index in [4.69, 9.17) is 14.6 Å². The zero-order valence-electron chi connectivity index (χ0n) is 50.7. The summed E-state index contributed by atoms with van der Waals surface area (Å²) < 4.78 is 13.0. The van der Waals surface area contributed by atoms with Crippen LogP contribution in [0, 0.1) is 20.8 Å². The van der Waals surface area contributed by atoms with Gasteiger partial charge in [-0.15, -0.1) is 45.3 Å². The molecular formula is C75H52N4O13S4. The first kappa shape index (κ1) is 62.9. The maximum atomic E-state index is 13.5. The predicted octanol–water partition coefficient (Wildman–Crippen LogP) is 18.0. The molecule has 10 N–H and O–H groups in total. The first-order valence-electron chi connectivity index (χ1n) is 29.3. The number of nitrogen functional groups attached to an aromatic ring is 1. The van der Waals surface area contributed by atoms with Crippen molar-refractivity contribution in [2.45, 2.75) is 20.8 Å². The summed E-state index contributed by atoms with van der Waals surface area (Å²) in [6.45, 7) is 5.37. The number of carbonyl (C=O) groups is 3. The second-order valence-corrected chi connectivity index (χ2v) is 26.3. The number of nitrogens with two attached hydrogens (primary N) is 1. The lowest BCUT2D eigenvalue weighted by Crippen LogP contribution is -2.03. The molecule has 0 saturated carbocycles. The molecule has 0 unspecified atom stereocenters. The Labute approximate surface area is 561 Å². The van der Waals surface area contributed by atoms with Crippen LogP contribution < -0.4 is 5.73 Å². The SMILES string of the molecule is Cc1cc(O)ccc1C(=O)c1sc2cc(O)ccc2c1-c1ccc(-c2nc(N)co2)cc1.Cc1cc(O)ccc1C(=O)c1sc2cc(O)ccc2c1-c1ccc(-c2nc(O)co2)cc1.Cc1cc(O)ccc1C(=O)c1sc2cc(O)ccc2c1-c1ccc(-c2nc(O)cs2)cc1. The summed E-state index contributed by atoms with van der Waals surface area (Å²) in [4.78, 5) is 54.5. The summed E-state index contributed by atoms with van der Waals surface area (Å²) in [5, 5.41) is 82.9. The molecule has 0 spiro atoms. The number of thiazole rings is 1. The fourth-order valence-electron chi connectivity index (χ4n) is 11.2. The van der Waals surface area contributed by atoms with Crippen LogP contribution in [0.5, 0.6) is 46.3 Å². The zero-order valence-corrected chi connectivity index (χ0v) is 54.0. The standard InChI is InChI=1S/C25H18N2O4S.C25H17NO5S.C25H17NO4S2/c1-13-10-16(28)6-8-18(13)23(30)24-22(19-9-7-17(29)11-20(19)32-24)14-2-4-15(5-3-14)25-27-21(26)12-31-25;2*1-13-10-16(27)6-8-18(13)23(30)24-22(19-9-7-17(28)11-20(19)32-24)14-2-4-15(5-3-14)25-26-21(29)12-31-25/h2-12,28-29H,26H2,1H3;2*2-12,27-29H,1H3. The van der Waals surface area contributed by atoms with Crippen LogP contribution in [0.25, 0.3) is 97.1 Å². The number of carbonyl (C=O) groups excluding carboxylic acids is 3. The summed E-state index contributed by atoms with van der Waals surface area (Å²) in [6, 6.07) is 52.0. The van der Waals surface area contributed by atoms with Gasteiger partial charge in [-0.25, -0.2) is 4.98 Å². The number of hydrogen-bond donors (Lipinski definition) is 9. The Balaban J connectivity index is 0.000000130. The third-order valence-corrected chi connectivity index (χ3v) is 20.1. The van der Waals surface area contributed by atoms with Crippen molar-refractivity contribution in [2.24, 2.45) is 0 Å². The third kappa shape index (κ3) is 12.6. The number of hydrogen-bond acceptors (Lipinski definition) is 21. The number of aromatic hydroxyl groups is 8. The van der Waals surface area contributed by atoms with Gasteiger partial charge in [0.15, 0.2) is 12.1 Å². The molecule has 0 bridgehead atoms. The molecule has 0 aliphatic carbocycles. The van der Waals surface area contributed by atoms with E-state index >= 15 is 0 Å². The number of ketones is 3. The summed E-state index contributed by atoms with van der Waals surface area (Å²) in [5.41, 5.74) is 16.5. The van der Waals surface area contributed by atoms with Gasteiger partial charge >= 0.3 is 0 Å². The molecule has 0 aliphatic heterocycles. The minimum absolute atomic E-state index is 0.00476. The number of fused-ring (bicyclic) bond motifs is 3. The van der Waals surface area contributed by atoms with E-state index in [0.29, 0.717) is 76.2 Å². The van der Waals surface area contributed by atoms with Gasteiger partial charge in [0, 0.05) is 80.3 Å². The van der Waals surface area contributed by atoms with Crippen LogP contribution in [0.15, 0.2) is 209 Å². The van der Waals surface area contributed by atoms with Crippen LogP contribution >= 0.6 is 45.3 Å². The molecule has 96 heavy (non-hydrogen) atoms. The largest absolute Gasteiger partial charge is 0.508 e. The fraction of sp³-hybridized carbons (Fsp3) is 0.0400. The first-order chi connectivity index (χ1) is 46.2. The lowest BCUT2D eigenvalue weighted by atomic mass is 9.95. The Morgan fingerprint density at radius 3 is 1.00 bits per heavy atom. The number of thiophene rings is 3. The average Bonchev–Trinajstić information content (AvgIpc) is 1.78. The highest BCUT2D eigenvalue weighted by atomic mass is 32.1. The Morgan fingerprint density at radius 1 is 0.365 bits per heavy atom. The number of nitrogens with zero attached hydrogens (tertiary/aromatic N) is 3. The van der Waals surface area contributed by atoms with Gasteiger partial charge in [-0.1, -0.05) is 48.5 Å². The topological polar surface area (TPSA) is 304 Å². The van der Waals surface area contributed by atoms with Crippen molar-refractivity contribution in [3.8, 4) is 113 Å². The molecule has 474 valence electrons. The van der Waals surface area contributed by atoms with E-state index in [1.807, 2.05) is 84.9 Å². The maximum absolute atomic E-state index is 13.5. The Morgan fingerprint density at radius 2 is 0.688 bits per heavy atom. The summed E-state index contributed by atoms with van der Waals surface area (Å²) in [6.07, 6.45) is 2.55. The number of anilines is 1. The van der Waals surface area contributed by atoms with Crippen LogP contribution in [0.2, 0.25) is 0 Å². The fourth-order valence-corrected chi connectivity index (χ4v) is 15.5. The van der Waals surface area contributed by atoms with E-state index in [0.717, 1.165) is 74.8 Å². The molecule has 15 aromatic rings. The van der Waals surface area contributed by atoms with E-state index in [2.05, 4.69) is 15.0 Å². The molecule has 0 saturated heterocycles. The molecule has 21 heteroatoms. The van der Waals surface area contributed by atoms with Gasteiger partial charge in [-0.3, -0.25) is 14.4 Å². The van der Waals surface area contributed by atoms with Gasteiger partial charge in [-0.05, 0) is 188 Å². The second-order valence-electron chi connectivity index (χ2n) is 22.3. The van der Waals surface area contributed by atoms with Gasteiger partial charge in [0.25, 0.3) is 5.88 Å². The average molecular weight is 1350 g/mol. The zero-order chi connectivity index (χ0) is 67.2. The molecule has 15 rings (SSSR count). The summed E-state index contributed by atoms with van der Waals surface area (Å²) in [7, 11) is 0. The first-order valence-corrected chi connectivity index (χ1v) is 32.7. The highest BCUT2D eigenvalue weighted by molar-refractivity contribution is 7.22. The van der Waals surface area contributed by atoms with Gasteiger partial charge in [0.2, 0.25) is 35.0 Å². The van der Waals surface area contributed by atoms with E-state index < -0.39 is 0 Å². The normalized spacial score (nSPS) is 11.2. The number of rotatable bonds is 12. The molecule has 6 aromatic heterocycles. The van der Waals surface area contributed by atoms with Gasteiger partial charge in [-0.2, -0.15) is 9.97 Å². The lowest BCUT2D eigenvalue weighted by Gasteiger charge is -2.08. The van der Waals surface area contributed by atoms with Crippen molar-refractivity contribution < 1.29 is 64.1 Å². The minimum Gasteiger partial charge on any atom is -0.508 e. The molecule has 9 aromatic carbocycles. The van der Waals surface area contributed by atoms with Crippen molar-refractivity contribution in [3.63, 3.8) is 0 Å². The predicted molar refractivity (Wildman–Crippen MR) is 375 cm³/mol. The molecular weight excluding hydrogens is 1290 g/mol.